The number of hydrogen-bond acceptors (Lipinski definition) is 5. The summed E-state index contributed by atoms with van der Waals surface area (Å²) in [5.74, 6) is 0.445. The molecular formula is C19H21FN2O4. The molecule has 1 unspecified atom stereocenters. The van der Waals surface area contributed by atoms with Crippen LogP contribution in [0.2, 0.25) is 0 Å². The van der Waals surface area contributed by atoms with E-state index in [4.69, 9.17) is 14.3 Å². The van der Waals surface area contributed by atoms with Crippen molar-refractivity contribution in [2.24, 2.45) is 5.16 Å². The van der Waals surface area contributed by atoms with Gasteiger partial charge in [0.15, 0.2) is 11.5 Å². The lowest BCUT2D eigenvalue weighted by molar-refractivity contribution is -0.131. The summed E-state index contributed by atoms with van der Waals surface area (Å²) in [6, 6.07) is 11.2. The van der Waals surface area contributed by atoms with Crippen molar-refractivity contribution >= 4 is 12.1 Å². The number of methoxy groups -OCH3 is 2. The van der Waals surface area contributed by atoms with Crippen molar-refractivity contribution in [2.45, 2.75) is 19.6 Å². The zero-order valence-corrected chi connectivity index (χ0v) is 14.9. The van der Waals surface area contributed by atoms with E-state index in [1.54, 1.807) is 44.4 Å². The number of amides is 1. The minimum atomic E-state index is -0.789. The van der Waals surface area contributed by atoms with Gasteiger partial charge in [0.25, 0.3) is 5.91 Å². The fourth-order valence-electron chi connectivity index (χ4n) is 2.18. The maximum atomic E-state index is 12.9. The number of oxime groups is 1. The second kappa shape index (κ2) is 9.41. The Balaban J connectivity index is 1.89. The first-order chi connectivity index (χ1) is 12.5. The predicted octanol–water partition coefficient (Wildman–Crippen LogP) is 2.90. The van der Waals surface area contributed by atoms with E-state index in [9.17, 15) is 9.18 Å². The first-order valence-corrected chi connectivity index (χ1v) is 7.97. The average Bonchev–Trinajstić information content (AvgIpc) is 2.66. The van der Waals surface area contributed by atoms with E-state index in [0.717, 1.165) is 5.56 Å². The van der Waals surface area contributed by atoms with Gasteiger partial charge in [-0.1, -0.05) is 23.4 Å². The average molecular weight is 360 g/mol. The van der Waals surface area contributed by atoms with Crippen LogP contribution in [0.15, 0.2) is 47.6 Å². The Morgan fingerprint density at radius 3 is 2.58 bits per heavy atom. The van der Waals surface area contributed by atoms with Gasteiger partial charge in [-0.25, -0.2) is 4.39 Å². The zero-order valence-electron chi connectivity index (χ0n) is 14.9. The van der Waals surface area contributed by atoms with Gasteiger partial charge in [0.2, 0.25) is 6.10 Å². The molecule has 0 bridgehead atoms. The molecule has 0 fully saturated rings. The number of rotatable bonds is 8. The molecule has 6 nitrogen and oxygen atoms in total. The molecule has 26 heavy (non-hydrogen) atoms. The third kappa shape index (κ3) is 5.20. The Morgan fingerprint density at radius 1 is 1.19 bits per heavy atom. The van der Waals surface area contributed by atoms with Gasteiger partial charge in [-0.3, -0.25) is 4.79 Å². The van der Waals surface area contributed by atoms with Crippen LogP contribution < -0.4 is 14.8 Å². The standard InChI is InChI=1S/C19H21FN2O4/c1-13(19(23)21-11-14-7-9-16(20)10-8-14)26-22-12-15-5-4-6-17(24-2)18(15)25-3/h4-10,12-13H,11H2,1-3H3,(H,21,23). The molecule has 0 aliphatic carbocycles. The summed E-state index contributed by atoms with van der Waals surface area (Å²) in [6.07, 6.45) is 0.661. The lowest BCUT2D eigenvalue weighted by Crippen LogP contribution is -2.33. The van der Waals surface area contributed by atoms with Crippen LogP contribution in [0.4, 0.5) is 4.39 Å². The van der Waals surface area contributed by atoms with Crippen molar-refractivity contribution in [3.05, 3.63) is 59.4 Å². The second-order valence-corrected chi connectivity index (χ2v) is 5.41. The maximum Gasteiger partial charge on any atom is 0.263 e. The van der Waals surface area contributed by atoms with Crippen molar-refractivity contribution in [3.8, 4) is 11.5 Å². The van der Waals surface area contributed by atoms with Gasteiger partial charge in [-0.15, -0.1) is 0 Å². The van der Waals surface area contributed by atoms with Crippen LogP contribution >= 0.6 is 0 Å². The molecule has 2 aromatic carbocycles. The van der Waals surface area contributed by atoms with Crippen LogP contribution in [-0.2, 0) is 16.2 Å². The van der Waals surface area contributed by atoms with Gasteiger partial charge < -0.3 is 19.6 Å². The zero-order chi connectivity index (χ0) is 18.9. The number of nitrogens with one attached hydrogen (secondary N) is 1. The molecule has 0 spiro atoms. The first-order valence-electron chi connectivity index (χ1n) is 7.97. The molecular weight excluding hydrogens is 339 g/mol. The minimum absolute atomic E-state index is 0.278. The van der Waals surface area contributed by atoms with Gasteiger partial charge in [-0.05, 0) is 36.8 Å². The van der Waals surface area contributed by atoms with E-state index < -0.39 is 6.10 Å². The quantitative estimate of drug-likeness (QED) is 0.581. The number of carbonyl (C=O) groups is 1. The van der Waals surface area contributed by atoms with Gasteiger partial charge in [0.1, 0.15) is 5.82 Å². The Bertz CT molecular complexity index is 763. The van der Waals surface area contributed by atoms with Crippen molar-refractivity contribution in [1.82, 2.24) is 5.32 Å². The van der Waals surface area contributed by atoms with Crippen LogP contribution in [0.5, 0.6) is 11.5 Å². The number of nitrogens with zero attached hydrogens (tertiary/aromatic N) is 1. The van der Waals surface area contributed by atoms with Crippen LogP contribution in [0.25, 0.3) is 0 Å². The highest BCUT2D eigenvalue weighted by atomic mass is 19.1. The fraction of sp³-hybridized carbons (Fsp3) is 0.263. The topological polar surface area (TPSA) is 69.2 Å². The van der Waals surface area contributed by atoms with E-state index in [1.807, 2.05) is 0 Å². The van der Waals surface area contributed by atoms with E-state index in [-0.39, 0.29) is 18.3 Å². The van der Waals surface area contributed by atoms with Gasteiger partial charge in [0, 0.05) is 12.1 Å². The van der Waals surface area contributed by atoms with Crippen LogP contribution in [0.3, 0.4) is 0 Å². The van der Waals surface area contributed by atoms with Crippen molar-refractivity contribution in [3.63, 3.8) is 0 Å². The molecule has 7 heteroatoms. The summed E-state index contributed by atoms with van der Waals surface area (Å²) in [5.41, 5.74) is 1.45. The summed E-state index contributed by atoms with van der Waals surface area (Å²) in [7, 11) is 3.07. The summed E-state index contributed by atoms with van der Waals surface area (Å²) in [5, 5.41) is 6.54. The van der Waals surface area contributed by atoms with Gasteiger partial charge in [-0.2, -0.15) is 0 Å². The predicted molar refractivity (Wildman–Crippen MR) is 95.9 cm³/mol. The second-order valence-electron chi connectivity index (χ2n) is 5.41. The molecule has 0 aliphatic rings. The summed E-state index contributed by atoms with van der Waals surface area (Å²) >= 11 is 0. The van der Waals surface area contributed by atoms with Crippen molar-refractivity contribution in [1.29, 1.82) is 0 Å². The summed E-state index contributed by atoms with van der Waals surface area (Å²) in [6.45, 7) is 1.86. The molecule has 0 radical (unpaired) electrons. The molecule has 1 N–H and O–H groups in total. The highest BCUT2D eigenvalue weighted by Gasteiger charge is 2.14. The van der Waals surface area contributed by atoms with E-state index in [2.05, 4.69) is 10.5 Å². The number of carbonyl (C=O) groups excluding carboxylic acids is 1. The van der Waals surface area contributed by atoms with E-state index in [1.165, 1.54) is 25.5 Å². The summed E-state index contributed by atoms with van der Waals surface area (Å²) in [4.78, 5) is 17.2. The molecule has 0 saturated heterocycles. The van der Waals surface area contributed by atoms with Crippen molar-refractivity contribution < 1.29 is 23.5 Å². The molecule has 0 saturated carbocycles. The minimum Gasteiger partial charge on any atom is -0.493 e. The number of ether oxygens (including phenoxy) is 2. The maximum absolute atomic E-state index is 12.9. The first kappa shape index (κ1) is 19.2. The molecule has 0 aliphatic heterocycles. The SMILES string of the molecule is COc1cccc(C=NOC(C)C(=O)NCc2ccc(F)cc2)c1OC. The number of hydrogen-bond donors (Lipinski definition) is 1. The van der Waals surface area contributed by atoms with Gasteiger partial charge in [0.05, 0.1) is 20.4 Å². The van der Waals surface area contributed by atoms with Crippen molar-refractivity contribution in [2.75, 3.05) is 14.2 Å². The number of halogens is 1. The number of benzene rings is 2. The molecule has 0 heterocycles. The molecule has 2 rings (SSSR count). The summed E-state index contributed by atoms with van der Waals surface area (Å²) < 4.78 is 23.4. The molecule has 1 atom stereocenters. The lowest BCUT2D eigenvalue weighted by atomic mass is 10.2. The fourth-order valence-corrected chi connectivity index (χ4v) is 2.18. The Labute approximate surface area is 151 Å². The van der Waals surface area contributed by atoms with Crippen LogP contribution in [0, 0.1) is 5.82 Å². The smallest absolute Gasteiger partial charge is 0.263 e. The van der Waals surface area contributed by atoms with Crippen LogP contribution in [0.1, 0.15) is 18.1 Å². The molecule has 1 amide bonds. The Kier molecular flexibility index (Phi) is 6.96. The Morgan fingerprint density at radius 2 is 1.92 bits per heavy atom. The van der Waals surface area contributed by atoms with Gasteiger partial charge >= 0.3 is 0 Å². The molecule has 0 aromatic heterocycles. The third-order valence-corrected chi connectivity index (χ3v) is 3.59. The monoisotopic (exact) mass is 360 g/mol. The number of para-hydroxylation sites is 1. The van der Waals surface area contributed by atoms with E-state index >= 15 is 0 Å². The Hall–Kier alpha value is -3.09. The van der Waals surface area contributed by atoms with E-state index in [0.29, 0.717) is 17.1 Å². The highest BCUT2D eigenvalue weighted by molar-refractivity contribution is 5.85. The highest BCUT2D eigenvalue weighted by Crippen LogP contribution is 2.29. The molecule has 2 aromatic rings. The largest absolute Gasteiger partial charge is 0.493 e. The third-order valence-electron chi connectivity index (χ3n) is 3.59. The normalized spacial score (nSPS) is 11.8. The lowest BCUT2D eigenvalue weighted by Gasteiger charge is -2.11. The molecule has 138 valence electrons. The van der Waals surface area contributed by atoms with Crippen LogP contribution in [-0.4, -0.2) is 32.4 Å².